The van der Waals surface area contributed by atoms with E-state index < -0.39 is 17.4 Å². The van der Waals surface area contributed by atoms with E-state index in [-0.39, 0.29) is 12.1 Å². The Morgan fingerprint density at radius 3 is 2.11 bits per heavy atom. The molecule has 1 fully saturated rings. The highest BCUT2D eigenvalue weighted by Gasteiger charge is 2.33. The van der Waals surface area contributed by atoms with Crippen LogP contribution >= 0.6 is 0 Å². The SMILES string of the molecule is CC1CCC(NC(=O)NC(C(=O)O)C(C)(C)C)CC1. The quantitative estimate of drug-likeness (QED) is 0.736. The molecule has 0 aromatic heterocycles. The zero-order chi connectivity index (χ0) is 14.6. The van der Waals surface area contributed by atoms with Crippen LogP contribution in [0, 0.1) is 11.3 Å². The number of amides is 2. The van der Waals surface area contributed by atoms with Gasteiger partial charge >= 0.3 is 12.0 Å². The topological polar surface area (TPSA) is 78.4 Å². The lowest BCUT2D eigenvalue weighted by Gasteiger charge is -2.30. The van der Waals surface area contributed by atoms with Crippen molar-refractivity contribution in [2.45, 2.75) is 65.5 Å². The Hall–Kier alpha value is -1.26. The molecular weight excluding hydrogens is 244 g/mol. The highest BCUT2D eigenvalue weighted by Crippen LogP contribution is 2.23. The number of hydrogen-bond acceptors (Lipinski definition) is 2. The molecule has 2 amide bonds. The van der Waals surface area contributed by atoms with Gasteiger partial charge in [0.15, 0.2) is 0 Å². The van der Waals surface area contributed by atoms with Gasteiger partial charge in [0.1, 0.15) is 6.04 Å². The van der Waals surface area contributed by atoms with Gasteiger partial charge in [0.05, 0.1) is 0 Å². The van der Waals surface area contributed by atoms with E-state index in [1.807, 2.05) is 0 Å². The second-order valence-electron chi connectivity index (χ2n) is 6.71. The summed E-state index contributed by atoms with van der Waals surface area (Å²) in [6.07, 6.45) is 4.18. The number of carbonyl (C=O) groups excluding carboxylic acids is 1. The fourth-order valence-corrected chi connectivity index (χ4v) is 2.41. The van der Waals surface area contributed by atoms with E-state index in [1.54, 1.807) is 20.8 Å². The molecule has 1 rings (SSSR count). The van der Waals surface area contributed by atoms with Crippen LogP contribution in [-0.2, 0) is 4.79 Å². The number of hydrogen-bond donors (Lipinski definition) is 3. The van der Waals surface area contributed by atoms with Crippen LogP contribution in [0.2, 0.25) is 0 Å². The molecule has 5 heteroatoms. The van der Waals surface area contributed by atoms with Crippen molar-refractivity contribution in [3.8, 4) is 0 Å². The Labute approximate surface area is 115 Å². The summed E-state index contributed by atoms with van der Waals surface area (Å²) in [5.41, 5.74) is -0.510. The van der Waals surface area contributed by atoms with Crippen LogP contribution in [0.25, 0.3) is 0 Å². The highest BCUT2D eigenvalue weighted by atomic mass is 16.4. The molecule has 1 unspecified atom stereocenters. The molecule has 110 valence electrons. The van der Waals surface area contributed by atoms with Crippen LogP contribution < -0.4 is 10.6 Å². The van der Waals surface area contributed by atoms with Crippen LogP contribution in [0.4, 0.5) is 4.79 Å². The molecule has 1 atom stereocenters. The monoisotopic (exact) mass is 270 g/mol. The summed E-state index contributed by atoms with van der Waals surface area (Å²) in [6, 6.07) is -1.08. The Morgan fingerprint density at radius 1 is 1.16 bits per heavy atom. The van der Waals surface area contributed by atoms with Gasteiger partial charge in [0.2, 0.25) is 0 Å². The second kappa shape index (κ2) is 6.26. The second-order valence-corrected chi connectivity index (χ2v) is 6.71. The van der Waals surface area contributed by atoms with Gasteiger partial charge in [-0.3, -0.25) is 0 Å². The maximum Gasteiger partial charge on any atom is 0.326 e. The van der Waals surface area contributed by atoms with E-state index in [0.717, 1.165) is 31.6 Å². The number of urea groups is 1. The van der Waals surface area contributed by atoms with Crippen LogP contribution in [0.15, 0.2) is 0 Å². The largest absolute Gasteiger partial charge is 0.480 e. The van der Waals surface area contributed by atoms with E-state index in [2.05, 4.69) is 17.6 Å². The summed E-state index contributed by atoms with van der Waals surface area (Å²) in [5.74, 6) is -0.276. The van der Waals surface area contributed by atoms with Crippen LogP contribution in [0.1, 0.15) is 53.4 Å². The van der Waals surface area contributed by atoms with Crippen molar-refractivity contribution < 1.29 is 14.7 Å². The third kappa shape index (κ3) is 5.09. The molecule has 1 aliphatic carbocycles. The molecule has 5 nitrogen and oxygen atoms in total. The van der Waals surface area contributed by atoms with Gasteiger partial charge in [-0.15, -0.1) is 0 Å². The Morgan fingerprint density at radius 2 is 1.68 bits per heavy atom. The number of carbonyl (C=O) groups is 2. The summed E-state index contributed by atoms with van der Waals surface area (Å²) in [7, 11) is 0. The molecule has 0 aromatic carbocycles. The molecule has 19 heavy (non-hydrogen) atoms. The van der Waals surface area contributed by atoms with Crippen molar-refractivity contribution in [2.75, 3.05) is 0 Å². The summed E-state index contributed by atoms with van der Waals surface area (Å²) in [5, 5.41) is 14.6. The van der Waals surface area contributed by atoms with Crippen molar-refractivity contribution in [1.29, 1.82) is 0 Å². The first-order valence-electron chi connectivity index (χ1n) is 7.00. The molecule has 0 heterocycles. The van der Waals surface area contributed by atoms with Crippen molar-refractivity contribution in [3.05, 3.63) is 0 Å². The standard InChI is InChI=1S/C14H26N2O3/c1-9-5-7-10(8-6-9)15-13(19)16-11(12(17)18)14(2,3)4/h9-11H,5-8H2,1-4H3,(H,17,18)(H2,15,16,19). The molecular formula is C14H26N2O3. The summed E-state index contributed by atoms with van der Waals surface area (Å²) < 4.78 is 0. The van der Waals surface area contributed by atoms with Crippen LogP contribution in [0.3, 0.4) is 0 Å². The van der Waals surface area contributed by atoms with Crippen molar-refractivity contribution >= 4 is 12.0 Å². The predicted molar refractivity (Wildman–Crippen MR) is 74.0 cm³/mol. The van der Waals surface area contributed by atoms with E-state index in [1.165, 1.54) is 0 Å². The average molecular weight is 270 g/mol. The summed E-state index contributed by atoms with van der Waals surface area (Å²) >= 11 is 0. The Kier molecular flexibility index (Phi) is 5.20. The molecule has 3 N–H and O–H groups in total. The molecule has 0 radical (unpaired) electrons. The Bertz CT molecular complexity index is 328. The molecule has 0 spiro atoms. The van der Waals surface area contributed by atoms with Gasteiger partial charge in [0.25, 0.3) is 0 Å². The van der Waals surface area contributed by atoms with Crippen LogP contribution in [-0.4, -0.2) is 29.2 Å². The lowest BCUT2D eigenvalue weighted by molar-refractivity contribution is -0.141. The van der Waals surface area contributed by atoms with E-state index in [9.17, 15) is 9.59 Å². The molecule has 0 bridgehead atoms. The van der Waals surface area contributed by atoms with E-state index in [4.69, 9.17) is 5.11 Å². The first kappa shape index (κ1) is 15.8. The number of aliphatic carboxylic acids is 1. The predicted octanol–water partition coefficient (Wildman–Crippen LogP) is 2.36. The van der Waals surface area contributed by atoms with E-state index in [0.29, 0.717) is 0 Å². The summed E-state index contributed by atoms with van der Waals surface area (Å²) in [6.45, 7) is 7.62. The lowest BCUT2D eigenvalue weighted by atomic mass is 9.86. The number of rotatable bonds is 3. The fourth-order valence-electron chi connectivity index (χ4n) is 2.41. The molecule has 0 saturated heterocycles. The number of nitrogens with one attached hydrogen (secondary N) is 2. The van der Waals surface area contributed by atoms with Crippen molar-refractivity contribution in [2.24, 2.45) is 11.3 Å². The fraction of sp³-hybridized carbons (Fsp3) is 0.857. The lowest BCUT2D eigenvalue weighted by Crippen LogP contribution is -2.54. The number of carboxylic acid groups (broad SMARTS) is 1. The van der Waals surface area contributed by atoms with Gasteiger partial charge in [0, 0.05) is 6.04 Å². The zero-order valence-corrected chi connectivity index (χ0v) is 12.3. The minimum Gasteiger partial charge on any atom is -0.480 e. The third-order valence-corrected chi connectivity index (χ3v) is 3.74. The number of carboxylic acids is 1. The first-order chi connectivity index (χ1) is 8.70. The summed E-state index contributed by atoms with van der Waals surface area (Å²) in [4.78, 5) is 23.0. The van der Waals surface area contributed by atoms with E-state index >= 15 is 0 Å². The van der Waals surface area contributed by atoms with Gasteiger partial charge in [-0.2, -0.15) is 0 Å². The minimum absolute atomic E-state index is 0.172. The maximum absolute atomic E-state index is 11.9. The normalized spacial score (nSPS) is 25.5. The average Bonchev–Trinajstić information content (AvgIpc) is 2.27. The van der Waals surface area contributed by atoms with Gasteiger partial charge in [-0.05, 0) is 37.0 Å². The maximum atomic E-state index is 11.9. The smallest absolute Gasteiger partial charge is 0.326 e. The Balaban J connectivity index is 2.47. The van der Waals surface area contributed by atoms with Crippen LogP contribution in [0.5, 0.6) is 0 Å². The molecule has 0 aliphatic heterocycles. The van der Waals surface area contributed by atoms with Gasteiger partial charge < -0.3 is 15.7 Å². The molecule has 0 aromatic rings. The van der Waals surface area contributed by atoms with Gasteiger partial charge in [-0.25, -0.2) is 9.59 Å². The molecule has 1 aliphatic rings. The first-order valence-corrected chi connectivity index (χ1v) is 7.00. The third-order valence-electron chi connectivity index (χ3n) is 3.74. The molecule has 1 saturated carbocycles. The van der Waals surface area contributed by atoms with Gasteiger partial charge in [-0.1, -0.05) is 27.7 Å². The van der Waals surface area contributed by atoms with Crippen molar-refractivity contribution in [1.82, 2.24) is 10.6 Å². The minimum atomic E-state index is -1.00. The zero-order valence-electron chi connectivity index (χ0n) is 12.3. The van der Waals surface area contributed by atoms with Crippen molar-refractivity contribution in [3.63, 3.8) is 0 Å². The highest BCUT2D eigenvalue weighted by molar-refractivity contribution is 5.83.